The quantitative estimate of drug-likeness (QED) is 0.526. The molecule has 0 saturated heterocycles. The molecule has 0 bridgehead atoms. The van der Waals surface area contributed by atoms with Gasteiger partial charge in [-0.05, 0) is 52.5 Å². The first-order valence-electron chi connectivity index (χ1n) is 9.49. The van der Waals surface area contributed by atoms with Gasteiger partial charge in [-0.2, -0.15) is 23.4 Å². The fraction of sp³-hybridized carbons (Fsp3) is 0.350. The summed E-state index contributed by atoms with van der Waals surface area (Å²) in [5.41, 5.74) is 1.24. The van der Waals surface area contributed by atoms with Gasteiger partial charge < -0.3 is 5.32 Å². The van der Waals surface area contributed by atoms with Crippen molar-refractivity contribution in [2.75, 3.05) is 5.32 Å². The molecule has 2 heterocycles. The number of carbonyl (C=O) groups is 1. The van der Waals surface area contributed by atoms with E-state index < -0.39 is 11.9 Å². The molecule has 0 radical (unpaired) electrons. The molecule has 4 rings (SSSR count). The van der Waals surface area contributed by atoms with Crippen molar-refractivity contribution in [1.82, 2.24) is 19.6 Å². The lowest BCUT2D eigenvalue weighted by molar-refractivity contribution is -0.141. The number of anilines is 1. The number of aromatic nitrogens is 4. The Morgan fingerprint density at radius 3 is 2.73 bits per heavy atom. The van der Waals surface area contributed by atoms with Crippen molar-refractivity contribution in [1.29, 1.82) is 0 Å². The molecule has 1 aromatic carbocycles. The van der Waals surface area contributed by atoms with Crippen LogP contribution >= 0.6 is 15.9 Å². The molecule has 1 N–H and O–H groups in total. The van der Waals surface area contributed by atoms with E-state index in [0.717, 1.165) is 28.9 Å². The van der Waals surface area contributed by atoms with Gasteiger partial charge in [-0.1, -0.05) is 12.1 Å². The number of nitrogens with one attached hydrogen (secondary N) is 1. The van der Waals surface area contributed by atoms with Crippen LogP contribution in [0.15, 0.2) is 47.2 Å². The number of nitrogens with zero attached hydrogens (tertiary/aromatic N) is 4. The van der Waals surface area contributed by atoms with E-state index in [1.165, 1.54) is 4.68 Å². The molecule has 30 heavy (non-hydrogen) atoms. The van der Waals surface area contributed by atoms with E-state index in [4.69, 9.17) is 0 Å². The van der Waals surface area contributed by atoms with Gasteiger partial charge in [0, 0.05) is 36.5 Å². The number of aryl methyl sites for hydroxylation is 1. The summed E-state index contributed by atoms with van der Waals surface area (Å²) in [5, 5.41) is 10.7. The third-order valence-electron chi connectivity index (χ3n) is 4.80. The number of benzene rings is 1. The average molecular weight is 482 g/mol. The normalized spacial score (nSPS) is 14.1. The van der Waals surface area contributed by atoms with Crippen LogP contribution < -0.4 is 5.32 Å². The van der Waals surface area contributed by atoms with E-state index in [1.54, 1.807) is 16.9 Å². The zero-order valence-corrected chi connectivity index (χ0v) is 17.4. The molecule has 0 unspecified atom stereocenters. The summed E-state index contributed by atoms with van der Waals surface area (Å²) < 4.78 is 42.9. The van der Waals surface area contributed by atoms with Gasteiger partial charge in [-0.3, -0.25) is 14.2 Å². The Balaban J connectivity index is 1.37. The molecule has 0 spiro atoms. The minimum absolute atomic E-state index is 0.0367. The lowest BCUT2D eigenvalue weighted by Crippen LogP contribution is -2.16. The Morgan fingerprint density at radius 2 is 2.07 bits per heavy atom. The molecule has 1 amide bonds. The number of amides is 1. The summed E-state index contributed by atoms with van der Waals surface area (Å²) in [6.45, 7) is 0.655. The minimum atomic E-state index is -4.48. The molecule has 1 aliphatic carbocycles. The number of hydrogen-bond acceptors (Lipinski definition) is 3. The van der Waals surface area contributed by atoms with E-state index in [-0.39, 0.29) is 24.8 Å². The van der Waals surface area contributed by atoms with Gasteiger partial charge in [-0.25, -0.2) is 0 Å². The molecule has 0 aliphatic heterocycles. The van der Waals surface area contributed by atoms with Crippen molar-refractivity contribution in [2.45, 2.75) is 44.4 Å². The van der Waals surface area contributed by atoms with Gasteiger partial charge in [-0.15, -0.1) is 0 Å². The molecule has 1 fully saturated rings. The lowest BCUT2D eigenvalue weighted by atomic mass is 10.2. The fourth-order valence-corrected chi connectivity index (χ4v) is 3.57. The molecule has 2 aromatic heterocycles. The van der Waals surface area contributed by atoms with Gasteiger partial charge in [0.15, 0.2) is 5.69 Å². The fourth-order valence-electron chi connectivity index (χ4n) is 3.25. The van der Waals surface area contributed by atoms with Crippen LogP contribution in [0, 0.1) is 0 Å². The summed E-state index contributed by atoms with van der Waals surface area (Å²) in [4.78, 5) is 12.4. The van der Waals surface area contributed by atoms with E-state index >= 15 is 0 Å². The smallest absolute Gasteiger partial charge is 0.326 e. The van der Waals surface area contributed by atoms with Gasteiger partial charge >= 0.3 is 6.18 Å². The van der Waals surface area contributed by atoms with Gasteiger partial charge in [0.25, 0.3) is 0 Å². The molecule has 158 valence electrons. The molecule has 1 saturated carbocycles. The van der Waals surface area contributed by atoms with E-state index in [1.807, 2.05) is 24.4 Å². The van der Waals surface area contributed by atoms with Crippen LogP contribution in [-0.4, -0.2) is 25.5 Å². The topological polar surface area (TPSA) is 64.7 Å². The first kappa shape index (κ1) is 20.6. The maximum absolute atomic E-state index is 13.0. The molecule has 0 atom stereocenters. The number of hydrogen-bond donors (Lipinski definition) is 1. The van der Waals surface area contributed by atoms with Crippen molar-refractivity contribution >= 4 is 27.5 Å². The summed E-state index contributed by atoms with van der Waals surface area (Å²) in [5.74, 6) is -0.171. The maximum atomic E-state index is 13.0. The van der Waals surface area contributed by atoms with Crippen LogP contribution in [0.3, 0.4) is 0 Å². The minimum Gasteiger partial charge on any atom is -0.326 e. The zero-order chi connectivity index (χ0) is 21.3. The summed E-state index contributed by atoms with van der Waals surface area (Å²) >= 11 is 3.35. The highest BCUT2D eigenvalue weighted by Gasteiger charge is 2.37. The van der Waals surface area contributed by atoms with Gasteiger partial charge in [0.05, 0.1) is 17.2 Å². The van der Waals surface area contributed by atoms with Crippen LogP contribution in [0.5, 0.6) is 0 Å². The highest BCUT2D eigenvalue weighted by molar-refractivity contribution is 9.10. The Kier molecular flexibility index (Phi) is 5.68. The molecule has 3 aromatic rings. The molecule has 1 aliphatic rings. The molecule has 6 nitrogen and oxygen atoms in total. The number of carbonyl (C=O) groups excluding carboxylic acids is 1. The van der Waals surface area contributed by atoms with Crippen molar-refractivity contribution in [3.63, 3.8) is 0 Å². The van der Waals surface area contributed by atoms with Crippen LogP contribution in [0.25, 0.3) is 0 Å². The summed E-state index contributed by atoms with van der Waals surface area (Å²) in [6.07, 6.45) is 0.809. The number of halogens is 4. The van der Waals surface area contributed by atoms with E-state index in [0.29, 0.717) is 17.9 Å². The standard InChI is InChI=1S/C20H19BrF3N5O/c21-15-10-25-28(12-15)11-13-2-1-3-16(8-13)26-19(30)6-7-29-17(14-4-5-14)9-18(27-29)20(22,23)24/h1-3,8-10,12,14H,4-7,11H2,(H,26,30). The Morgan fingerprint density at radius 1 is 1.27 bits per heavy atom. The number of rotatable bonds is 7. The van der Waals surface area contributed by atoms with Crippen molar-refractivity contribution in [2.24, 2.45) is 0 Å². The first-order valence-corrected chi connectivity index (χ1v) is 10.3. The highest BCUT2D eigenvalue weighted by atomic mass is 79.9. The monoisotopic (exact) mass is 481 g/mol. The van der Waals surface area contributed by atoms with Crippen LogP contribution in [0.1, 0.15) is 42.1 Å². The lowest BCUT2D eigenvalue weighted by Gasteiger charge is -2.09. The van der Waals surface area contributed by atoms with Crippen LogP contribution in [0.4, 0.5) is 18.9 Å². The highest BCUT2D eigenvalue weighted by Crippen LogP contribution is 2.42. The van der Waals surface area contributed by atoms with Crippen molar-refractivity contribution in [3.8, 4) is 0 Å². The van der Waals surface area contributed by atoms with E-state index in [9.17, 15) is 18.0 Å². The molecular formula is C20H19BrF3N5O. The molecule has 10 heteroatoms. The summed E-state index contributed by atoms with van der Waals surface area (Å²) in [7, 11) is 0. The van der Waals surface area contributed by atoms with Crippen molar-refractivity contribution in [3.05, 3.63) is 64.1 Å². The van der Waals surface area contributed by atoms with Gasteiger partial charge in [0.2, 0.25) is 5.91 Å². The predicted octanol–water partition coefficient (Wildman–Crippen LogP) is 4.82. The third-order valence-corrected chi connectivity index (χ3v) is 5.21. The first-order chi connectivity index (χ1) is 14.3. The summed E-state index contributed by atoms with van der Waals surface area (Å²) in [6, 6.07) is 8.48. The van der Waals surface area contributed by atoms with Gasteiger partial charge in [0.1, 0.15) is 0 Å². The second-order valence-electron chi connectivity index (χ2n) is 7.30. The number of alkyl halides is 3. The van der Waals surface area contributed by atoms with E-state index in [2.05, 4.69) is 31.4 Å². The predicted molar refractivity (Wildman–Crippen MR) is 108 cm³/mol. The maximum Gasteiger partial charge on any atom is 0.435 e. The van der Waals surface area contributed by atoms with Crippen LogP contribution in [-0.2, 0) is 24.1 Å². The second-order valence-corrected chi connectivity index (χ2v) is 8.22. The largest absolute Gasteiger partial charge is 0.435 e. The Hall–Kier alpha value is -2.62. The van der Waals surface area contributed by atoms with Crippen LogP contribution in [0.2, 0.25) is 0 Å². The Labute approximate surface area is 179 Å². The zero-order valence-electron chi connectivity index (χ0n) is 15.9. The van der Waals surface area contributed by atoms with Crippen molar-refractivity contribution < 1.29 is 18.0 Å². The third kappa shape index (κ3) is 5.10. The Bertz CT molecular complexity index is 1050. The second kappa shape index (κ2) is 8.25. The average Bonchev–Trinajstić information content (AvgIpc) is 3.29. The SMILES string of the molecule is O=C(CCn1nc(C(F)(F)F)cc1C1CC1)Nc1cccc(Cn2cc(Br)cn2)c1. The molecular weight excluding hydrogens is 463 g/mol.